The van der Waals surface area contributed by atoms with E-state index in [0.29, 0.717) is 0 Å². The summed E-state index contributed by atoms with van der Waals surface area (Å²) in [6, 6.07) is 0. The van der Waals surface area contributed by atoms with Gasteiger partial charge < -0.3 is 0 Å². The average Bonchev–Trinajstić information content (AvgIpc) is 1.63. The molecule has 0 fully saturated rings. The molecule has 9 heavy (non-hydrogen) atoms. The standard InChI is InChI=1S/C8H12.W/c1-5-8(4)6-7(2)3;/h6H,2H2,1,3-4H3;/b8-6-;. The third kappa shape index (κ3) is 4.54. The van der Waals surface area contributed by atoms with Crippen LogP contribution in [-0.4, -0.2) is 3.90 Å². The van der Waals surface area contributed by atoms with E-state index in [1.165, 1.54) is 9.47 Å². The first-order valence-electron chi connectivity index (χ1n) is 2.89. The Morgan fingerprint density at radius 1 is 1.33 bits per heavy atom. The van der Waals surface area contributed by atoms with Crippen LogP contribution in [0.5, 0.6) is 0 Å². The van der Waals surface area contributed by atoms with Crippen LogP contribution < -0.4 is 0 Å². The summed E-state index contributed by atoms with van der Waals surface area (Å²) in [6.45, 7) is 10.1. The Kier molecular flexibility index (Phi) is 3.97. The SMILES string of the molecule is C=C(C)/C=C(/C)[C](C)=[W]. The van der Waals surface area contributed by atoms with Gasteiger partial charge >= 0.3 is 67.8 Å². The minimum absolute atomic E-state index is 1.13. The predicted octanol–water partition coefficient (Wildman–Crippen LogP) is 2.25. The zero-order valence-corrected chi connectivity index (χ0v) is 9.13. The fraction of sp³-hybridized carbons (Fsp3) is 0.375. The van der Waals surface area contributed by atoms with Gasteiger partial charge in [-0.05, 0) is 0 Å². The van der Waals surface area contributed by atoms with Gasteiger partial charge in [-0.25, -0.2) is 0 Å². The first-order chi connectivity index (χ1) is 4.04. The second kappa shape index (κ2) is 3.95. The summed E-state index contributed by atoms with van der Waals surface area (Å²) in [5.74, 6) is 0. The Labute approximate surface area is 68.1 Å². The van der Waals surface area contributed by atoms with Gasteiger partial charge in [0.15, 0.2) is 0 Å². The molecule has 0 aromatic carbocycles. The van der Waals surface area contributed by atoms with Gasteiger partial charge in [-0.1, -0.05) is 0 Å². The van der Waals surface area contributed by atoms with Crippen LogP contribution >= 0.6 is 0 Å². The molecule has 0 saturated carbocycles. The molecule has 0 aliphatic rings. The van der Waals surface area contributed by atoms with Crippen LogP contribution in [0.4, 0.5) is 0 Å². The van der Waals surface area contributed by atoms with Crippen LogP contribution in [0.3, 0.4) is 0 Å². The molecule has 0 N–H and O–H groups in total. The van der Waals surface area contributed by atoms with Gasteiger partial charge in [-0.15, -0.1) is 0 Å². The molecule has 0 rings (SSSR count). The van der Waals surface area contributed by atoms with Crippen LogP contribution in [0.1, 0.15) is 20.8 Å². The van der Waals surface area contributed by atoms with Crippen LogP contribution in [0.15, 0.2) is 23.8 Å². The van der Waals surface area contributed by atoms with E-state index in [4.69, 9.17) is 0 Å². The third-order valence-electron chi connectivity index (χ3n) is 1.02. The van der Waals surface area contributed by atoms with Gasteiger partial charge in [0.1, 0.15) is 0 Å². The molecule has 0 bridgehead atoms. The monoisotopic (exact) mass is 292 g/mol. The molecular formula is C8H12W. The number of hydrogen-bond donors (Lipinski definition) is 0. The normalized spacial score (nSPS) is 11.2. The molecule has 50 valence electrons. The summed E-state index contributed by atoms with van der Waals surface area (Å²) >= 11 is 1.54. The summed E-state index contributed by atoms with van der Waals surface area (Å²) in [6.07, 6.45) is 2.11. The van der Waals surface area contributed by atoms with Gasteiger partial charge in [-0.3, -0.25) is 0 Å². The molecule has 0 atom stereocenters. The molecule has 0 unspecified atom stereocenters. The second-order valence-electron chi connectivity index (χ2n) is 2.23. The van der Waals surface area contributed by atoms with Gasteiger partial charge in [0.2, 0.25) is 0 Å². The quantitative estimate of drug-likeness (QED) is 0.685. The van der Waals surface area contributed by atoms with Crippen LogP contribution in [0.2, 0.25) is 0 Å². The van der Waals surface area contributed by atoms with Crippen molar-refractivity contribution in [1.82, 2.24) is 0 Å². The van der Waals surface area contributed by atoms with Crippen molar-refractivity contribution in [2.45, 2.75) is 20.8 Å². The van der Waals surface area contributed by atoms with Crippen molar-refractivity contribution in [3.8, 4) is 0 Å². The van der Waals surface area contributed by atoms with Crippen molar-refractivity contribution in [3.63, 3.8) is 0 Å². The second-order valence-corrected chi connectivity index (χ2v) is 4.43. The molecular weight excluding hydrogens is 280 g/mol. The third-order valence-corrected chi connectivity index (χ3v) is 2.17. The maximum atomic E-state index is 3.80. The van der Waals surface area contributed by atoms with Gasteiger partial charge in [0.25, 0.3) is 0 Å². The molecule has 0 aliphatic carbocycles. The summed E-state index contributed by atoms with van der Waals surface area (Å²) in [4.78, 5) is 0. The summed E-state index contributed by atoms with van der Waals surface area (Å²) < 4.78 is 1.44. The van der Waals surface area contributed by atoms with Crippen molar-refractivity contribution < 1.29 is 19.4 Å². The maximum absolute atomic E-state index is 3.80. The van der Waals surface area contributed by atoms with E-state index in [0.717, 1.165) is 5.57 Å². The van der Waals surface area contributed by atoms with Crippen molar-refractivity contribution in [3.05, 3.63) is 23.8 Å². The first-order valence-corrected chi connectivity index (χ1v) is 4.35. The molecule has 0 heterocycles. The average molecular weight is 292 g/mol. The van der Waals surface area contributed by atoms with Gasteiger partial charge in [0.05, 0.1) is 0 Å². The fourth-order valence-electron chi connectivity index (χ4n) is 0.471. The predicted molar refractivity (Wildman–Crippen MR) is 39.3 cm³/mol. The topological polar surface area (TPSA) is 0 Å². The van der Waals surface area contributed by atoms with E-state index >= 15 is 0 Å². The van der Waals surface area contributed by atoms with E-state index < -0.39 is 0 Å². The van der Waals surface area contributed by atoms with E-state index in [-0.39, 0.29) is 0 Å². The molecule has 0 amide bonds. The van der Waals surface area contributed by atoms with E-state index in [2.05, 4.69) is 26.5 Å². The molecule has 0 aliphatic heterocycles. The Bertz CT molecular complexity index is 163. The van der Waals surface area contributed by atoms with Crippen molar-refractivity contribution in [2.75, 3.05) is 0 Å². The first kappa shape index (κ1) is 9.04. The van der Waals surface area contributed by atoms with Crippen LogP contribution in [0.25, 0.3) is 0 Å². The number of hydrogen-bond acceptors (Lipinski definition) is 0. The molecule has 0 spiro atoms. The van der Waals surface area contributed by atoms with Gasteiger partial charge in [-0.2, -0.15) is 0 Å². The number of rotatable bonds is 2. The van der Waals surface area contributed by atoms with Crippen LogP contribution in [0, 0.1) is 0 Å². The zero-order valence-electron chi connectivity index (χ0n) is 6.19. The van der Waals surface area contributed by atoms with Gasteiger partial charge in [0, 0.05) is 0 Å². The van der Waals surface area contributed by atoms with Crippen molar-refractivity contribution in [2.24, 2.45) is 0 Å². The minimum atomic E-state index is 1.13. The summed E-state index contributed by atoms with van der Waals surface area (Å²) in [7, 11) is 0. The molecule has 0 aromatic heterocycles. The Balaban J connectivity index is 4.17. The van der Waals surface area contributed by atoms with E-state index in [1.807, 2.05) is 6.92 Å². The summed E-state index contributed by atoms with van der Waals surface area (Å²) in [5, 5.41) is 0. The van der Waals surface area contributed by atoms with Crippen molar-refractivity contribution >= 4 is 3.90 Å². The van der Waals surface area contributed by atoms with Crippen molar-refractivity contribution in [1.29, 1.82) is 0 Å². The Morgan fingerprint density at radius 2 is 1.78 bits per heavy atom. The van der Waals surface area contributed by atoms with E-state index in [9.17, 15) is 0 Å². The number of allylic oxidation sites excluding steroid dienone is 3. The molecule has 0 aromatic rings. The summed E-state index contributed by atoms with van der Waals surface area (Å²) in [5.41, 5.74) is 2.49. The molecule has 0 saturated heterocycles. The van der Waals surface area contributed by atoms with Crippen LogP contribution in [-0.2, 0) is 19.4 Å². The Morgan fingerprint density at radius 3 is 1.89 bits per heavy atom. The zero-order chi connectivity index (χ0) is 7.44. The fourth-order valence-corrected chi connectivity index (χ4v) is 0.683. The molecule has 0 nitrogen and oxygen atoms in total. The molecule has 1 heteroatoms. The Hall–Kier alpha value is 0.0383. The molecule has 0 radical (unpaired) electrons. The van der Waals surface area contributed by atoms with E-state index in [1.54, 1.807) is 19.4 Å².